The minimum Gasteiger partial charge on any atom is -0.337 e. The predicted molar refractivity (Wildman–Crippen MR) is 97.1 cm³/mol. The fourth-order valence-electron chi connectivity index (χ4n) is 2.75. The van der Waals surface area contributed by atoms with Gasteiger partial charge in [-0.15, -0.1) is 0 Å². The average molecular weight is 340 g/mol. The number of nitriles is 1. The maximum absolute atomic E-state index is 12.8. The third-order valence-electron chi connectivity index (χ3n) is 4.26. The van der Waals surface area contributed by atoms with Gasteiger partial charge >= 0.3 is 0 Å². The van der Waals surface area contributed by atoms with E-state index in [9.17, 15) is 9.59 Å². The summed E-state index contributed by atoms with van der Waals surface area (Å²) in [7, 11) is 0. The van der Waals surface area contributed by atoms with Gasteiger partial charge in [0.25, 0.3) is 5.91 Å². The SMILES string of the molecule is CCN(C[C@@H](C)C#N)C(=O)C1=NN(c2cc(C)ccc2C)C(=O)CC1. The second-order valence-electron chi connectivity index (χ2n) is 6.42. The zero-order chi connectivity index (χ0) is 18.6. The van der Waals surface area contributed by atoms with Gasteiger partial charge in [-0.05, 0) is 44.9 Å². The maximum Gasteiger partial charge on any atom is 0.270 e. The highest BCUT2D eigenvalue weighted by Gasteiger charge is 2.29. The van der Waals surface area contributed by atoms with Gasteiger partial charge in [0.05, 0.1) is 17.7 Å². The van der Waals surface area contributed by atoms with E-state index in [2.05, 4.69) is 11.2 Å². The third kappa shape index (κ3) is 4.24. The van der Waals surface area contributed by atoms with Gasteiger partial charge in [0, 0.05) is 25.9 Å². The summed E-state index contributed by atoms with van der Waals surface area (Å²) < 4.78 is 0. The first-order chi connectivity index (χ1) is 11.9. The summed E-state index contributed by atoms with van der Waals surface area (Å²) in [5, 5.41) is 14.7. The van der Waals surface area contributed by atoms with Crippen LogP contribution in [0.15, 0.2) is 23.3 Å². The molecule has 0 spiro atoms. The van der Waals surface area contributed by atoms with Gasteiger partial charge in [0.15, 0.2) is 0 Å². The van der Waals surface area contributed by atoms with Gasteiger partial charge in [0.2, 0.25) is 5.91 Å². The van der Waals surface area contributed by atoms with Crippen LogP contribution in [0.2, 0.25) is 0 Å². The molecule has 0 unspecified atom stereocenters. The minimum absolute atomic E-state index is 0.112. The molecule has 132 valence electrons. The first-order valence-electron chi connectivity index (χ1n) is 8.54. The number of amides is 2. The van der Waals surface area contributed by atoms with Crippen molar-refractivity contribution in [3.8, 4) is 6.07 Å². The predicted octanol–water partition coefficient (Wildman–Crippen LogP) is 2.79. The molecule has 1 aromatic carbocycles. The van der Waals surface area contributed by atoms with Crippen molar-refractivity contribution < 1.29 is 9.59 Å². The van der Waals surface area contributed by atoms with Crippen LogP contribution in [0.5, 0.6) is 0 Å². The first kappa shape index (κ1) is 18.7. The van der Waals surface area contributed by atoms with E-state index in [1.54, 1.807) is 11.8 Å². The molecule has 6 heteroatoms. The number of hydrogen-bond donors (Lipinski definition) is 0. The molecule has 0 N–H and O–H groups in total. The lowest BCUT2D eigenvalue weighted by atomic mass is 10.1. The number of carbonyl (C=O) groups excluding carboxylic acids is 2. The summed E-state index contributed by atoms with van der Waals surface area (Å²) in [4.78, 5) is 26.7. The zero-order valence-corrected chi connectivity index (χ0v) is 15.2. The summed E-state index contributed by atoms with van der Waals surface area (Å²) in [6.45, 7) is 8.39. The highest BCUT2D eigenvalue weighted by Crippen LogP contribution is 2.25. The summed E-state index contributed by atoms with van der Waals surface area (Å²) in [5.74, 6) is -0.559. The van der Waals surface area contributed by atoms with Crippen LogP contribution in [-0.2, 0) is 9.59 Å². The molecule has 0 saturated carbocycles. The Labute approximate surface area is 148 Å². The van der Waals surface area contributed by atoms with Gasteiger partial charge in [-0.3, -0.25) is 9.59 Å². The second kappa shape index (κ2) is 7.93. The standard InChI is InChI=1S/C19H24N4O2/c1-5-22(12-14(3)11-20)19(25)16-8-9-18(24)23(21-16)17-10-13(2)6-7-15(17)4/h6-7,10,14H,5,8-9,12H2,1-4H3/t14-/m0/s1. The molecular formula is C19H24N4O2. The lowest BCUT2D eigenvalue weighted by molar-refractivity contribution is -0.124. The van der Waals surface area contributed by atoms with Crippen molar-refractivity contribution in [3.63, 3.8) is 0 Å². The normalized spacial score (nSPS) is 15.4. The van der Waals surface area contributed by atoms with Gasteiger partial charge < -0.3 is 4.90 Å². The topological polar surface area (TPSA) is 76.8 Å². The van der Waals surface area contributed by atoms with Crippen LogP contribution >= 0.6 is 0 Å². The smallest absolute Gasteiger partial charge is 0.270 e. The molecule has 6 nitrogen and oxygen atoms in total. The Morgan fingerprint density at radius 3 is 2.76 bits per heavy atom. The van der Waals surface area contributed by atoms with Crippen molar-refractivity contribution in [2.24, 2.45) is 11.0 Å². The molecule has 0 fully saturated rings. The van der Waals surface area contributed by atoms with E-state index < -0.39 is 0 Å². The van der Waals surface area contributed by atoms with Crippen LogP contribution < -0.4 is 5.01 Å². The molecule has 1 heterocycles. The monoisotopic (exact) mass is 340 g/mol. The third-order valence-corrected chi connectivity index (χ3v) is 4.26. The zero-order valence-electron chi connectivity index (χ0n) is 15.2. The van der Waals surface area contributed by atoms with Crippen molar-refractivity contribution in [2.75, 3.05) is 18.1 Å². The number of rotatable bonds is 5. The van der Waals surface area contributed by atoms with Gasteiger partial charge in [-0.25, -0.2) is 5.01 Å². The Morgan fingerprint density at radius 2 is 2.12 bits per heavy atom. The molecule has 0 aliphatic carbocycles. The average Bonchev–Trinajstić information content (AvgIpc) is 2.61. The molecule has 0 bridgehead atoms. The van der Waals surface area contributed by atoms with Gasteiger partial charge in [-0.2, -0.15) is 10.4 Å². The summed E-state index contributed by atoms with van der Waals surface area (Å²) in [6.07, 6.45) is 0.583. The Hall–Kier alpha value is -2.68. The molecule has 25 heavy (non-hydrogen) atoms. The van der Waals surface area contributed by atoms with Crippen LogP contribution in [-0.4, -0.2) is 35.5 Å². The number of anilines is 1. The quantitative estimate of drug-likeness (QED) is 0.827. The minimum atomic E-state index is -0.246. The Bertz CT molecular complexity index is 748. The molecule has 1 aliphatic heterocycles. The highest BCUT2D eigenvalue weighted by molar-refractivity contribution is 6.40. The highest BCUT2D eigenvalue weighted by atomic mass is 16.2. The number of carbonyl (C=O) groups is 2. The van der Waals surface area contributed by atoms with Gasteiger partial charge in [-0.1, -0.05) is 12.1 Å². The van der Waals surface area contributed by atoms with Crippen LogP contribution in [0.3, 0.4) is 0 Å². The largest absolute Gasteiger partial charge is 0.337 e. The van der Waals surface area contributed by atoms with Crippen LogP contribution in [0.4, 0.5) is 5.69 Å². The molecule has 1 atom stereocenters. The van der Waals surface area contributed by atoms with Crippen molar-refractivity contribution in [1.82, 2.24) is 4.90 Å². The van der Waals surface area contributed by atoms with E-state index in [0.717, 1.165) is 11.1 Å². The molecule has 0 aromatic heterocycles. The van der Waals surface area contributed by atoms with Crippen LogP contribution in [0, 0.1) is 31.1 Å². The Kier molecular flexibility index (Phi) is 5.92. The lowest BCUT2D eigenvalue weighted by Crippen LogP contribution is -2.43. The summed E-state index contributed by atoms with van der Waals surface area (Å²) in [5.41, 5.74) is 3.04. The number of aryl methyl sites for hydroxylation is 2. The van der Waals surface area contributed by atoms with E-state index in [1.807, 2.05) is 39.0 Å². The van der Waals surface area contributed by atoms with E-state index >= 15 is 0 Å². The molecule has 2 amide bonds. The maximum atomic E-state index is 12.8. The van der Waals surface area contributed by atoms with Crippen molar-refractivity contribution in [1.29, 1.82) is 5.26 Å². The number of nitrogens with zero attached hydrogens (tertiary/aromatic N) is 4. The van der Waals surface area contributed by atoms with E-state index in [4.69, 9.17) is 5.26 Å². The van der Waals surface area contributed by atoms with E-state index in [1.165, 1.54) is 5.01 Å². The lowest BCUT2D eigenvalue weighted by Gasteiger charge is -2.28. The summed E-state index contributed by atoms with van der Waals surface area (Å²) in [6, 6.07) is 7.97. The molecular weight excluding hydrogens is 316 g/mol. The Morgan fingerprint density at radius 1 is 1.40 bits per heavy atom. The fourth-order valence-corrected chi connectivity index (χ4v) is 2.75. The second-order valence-corrected chi connectivity index (χ2v) is 6.42. The fraction of sp³-hybridized carbons (Fsp3) is 0.474. The van der Waals surface area contributed by atoms with E-state index in [-0.39, 0.29) is 24.2 Å². The van der Waals surface area contributed by atoms with E-state index in [0.29, 0.717) is 30.9 Å². The molecule has 1 aromatic rings. The number of benzene rings is 1. The van der Waals surface area contributed by atoms with Gasteiger partial charge in [0.1, 0.15) is 5.71 Å². The molecule has 1 aliphatic rings. The summed E-state index contributed by atoms with van der Waals surface area (Å²) >= 11 is 0. The number of hydrogen-bond acceptors (Lipinski definition) is 4. The number of hydrazone groups is 1. The Balaban J connectivity index is 2.32. The molecule has 0 saturated heterocycles. The van der Waals surface area contributed by atoms with Crippen molar-refractivity contribution in [3.05, 3.63) is 29.3 Å². The van der Waals surface area contributed by atoms with Crippen molar-refractivity contribution in [2.45, 2.75) is 40.5 Å². The van der Waals surface area contributed by atoms with Crippen LogP contribution in [0.1, 0.15) is 37.8 Å². The first-order valence-corrected chi connectivity index (χ1v) is 8.54. The van der Waals surface area contributed by atoms with Crippen LogP contribution in [0.25, 0.3) is 0 Å². The molecule has 0 radical (unpaired) electrons. The molecule has 2 rings (SSSR count). The van der Waals surface area contributed by atoms with Crippen molar-refractivity contribution >= 4 is 23.2 Å².